The Balaban J connectivity index is 2.23. The molecule has 0 bridgehead atoms. The third-order valence-corrected chi connectivity index (χ3v) is 3.48. The van der Waals surface area contributed by atoms with Crippen LogP contribution in [0.25, 0.3) is 0 Å². The number of nitrogens with zero attached hydrogens (tertiary/aromatic N) is 2. The average Bonchev–Trinajstić information content (AvgIpc) is 2.82. The van der Waals surface area contributed by atoms with E-state index in [-0.39, 0.29) is 0 Å². The first-order valence-corrected chi connectivity index (χ1v) is 6.43. The van der Waals surface area contributed by atoms with E-state index in [0.717, 1.165) is 38.4 Å². The molecule has 0 radical (unpaired) electrons. The average molecular weight is 234 g/mol. The second-order valence-corrected chi connectivity index (χ2v) is 4.88. The fourth-order valence-electron chi connectivity index (χ4n) is 2.27. The van der Waals surface area contributed by atoms with Gasteiger partial charge in [-0.1, -0.05) is 13.0 Å². The van der Waals surface area contributed by atoms with Gasteiger partial charge in [-0.05, 0) is 38.6 Å². The number of hydrogen-bond donors (Lipinski definition) is 0. The number of hydrogen-bond acceptors (Lipinski definition) is 3. The second kappa shape index (κ2) is 5.61. The van der Waals surface area contributed by atoms with Crippen LogP contribution >= 0.6 is 0 Å². The van der Waals surface area contributed by atoms with Crippen molar-refractivity contribution in [1.82, 2.24) is 9.88 Å². The molecule has 1 aliphatic rings. The molecule has 2 rings (SSSR count). The van der Waals surface area contributed by atoms with Gasteiger partial charge in [-0.15, -0.1) is 0 Å². The lowest BCUT2D eigenvalue weighted by atomic mass is 9.96. The molecule has 1 saturated heterocycles. The van der Waals surface area contributed by atoms with Gasteiger partial charge in [0.2, 0.25) is 0 Å². The van der Waals surface area contributed by atoms with Gasteiger partial charge in [0, 0.05) is 24.8 Å². The van der Waals surface area contributed by atoms with Crippen LogP contribution in [0.2, 0.25) is 0 Å². The largest absolute Gasteiger partial charge is 0.381 e. The third-order valence-electron chi connectivity index (χ3n) is 3.48. The standard InChI is InChI=1S/C14H22N2O/c1-4-16(3)9-14-13(6-5-11(2)15-14)12-7-8-17-10-12/h5-6,12H,4,7-10H2,1-3H3. The Kier molecular flexibility index (Phi) is 4.13. The van der Waals surface area contributed by atoms with E-state index in [2.05, 4.69) is 37.9 Å². The first kappa shape index (κ1) is 12.5. The van der Waals surface area contributed by atoms with Gasteiger partial charge in [-0.3, -0.25) is 4.98 Å². The molecule has 17 heavy (non-hydrogen) atoms. The third kappa shape index (κ3) is 3.05. The Morgan fingerprint density at radius 3 is 2.94 bits per heavy atom. The van der Waals surface area contributed by atoms with Crippen LogP contribution in [0.15, 0.2) is 12.1 Å². The van der Waals surface area contributed by atoms with Gasteiger partial charge >= 0.3 is 0 Å². The Morgan fingerprint density at radius 1 is 1.47 bits per heavy atom. The van der Waals surface area contributed by atoms with Crippen LogP contribution in [-0.4, -0.2) is 36.7 Å². The summed E-state index contributed by atoms with van der Waals surface area (Å²) in [6.45, 7) is 7.97. The zero-order valence-electron chi connectivity index (χ0n) is 11.1. The summed E-state index contributed by atoms with van der Waals surface area (Å²) in [5, 5.41) is 0. The molecule has 0 saturated carbocycles. The van der Waals surface area contributed by atoms with Crippen molar-refractivity contribution in [3.63, 3.8) is 0 Å². The molecule has 1 aliphatic heterocycles. The van der Waals surface area contributed by atoms with Gasteiger partial charge in [-0.25, -0.2) is 0 Å². The maximum absolute atomic E-state index is 5.49. The van der Waals surface area contributed by atoms with Gasteiger partial charge in [0.15, 0.2) is 0 Å². The normalized spacial score (nSPS) is 20.1. The predicted octanol–water partition coefficient (Wildman–Crippen LogP) is 2.35. The molecule has 3 nitrogen and oxygen atoms in total. The first-order valence-electron chi connectivity index (χ1n) is 6.43. The van der Waals surface area contributed by atoms with E-state index in [1.165, 1.54) is 11.3 Å². The summed E-state index contributed by atoms with van der Waals surface area (Å²) in [7, 11) is 2.14. The van der Waals surface area contributed by atoms with Crippen LogP contribution in [0, 0.1) is 6.92 Å². The van der Waals surface area contributed by atoms with Crippen LogP contribution in [0.3, 0.4) is 0 Å². The molecule has 1 atom stereocenters. The van der Waals surface area contributed by atoms with Crippen LogP contribution in [-0.2, 0) is 11.3 Å². The highest BCUT2D eigenvalue weighted by atomic mass is 16.5. The minimum absolute atomic E-state index is 0.545. The lowest BCUT2D eigenvalue weighted by Gasteiger charge is -2.19. The number of pyridine rings is 1. The van der Waals surface area contributed by atoms with Crippen molar-refractivity contribution in [2.45, 2.75) is 32.7 Å². The van der Waals surface area contributed by atoms with Crippen molar-refractivity contribution < 1.29 is 4.74 Å². The minimum Gasteiger partial charge on any atom is -0.381 e. The molecule has 0 aliphatic carbocycles. The summed E-state index contributed by atoms with van der Waals surface area (Å²) in [6, 6.07) is 4.35. The Morgan fingerprint density at radius 2 is 2.29 bits per heavy atom. The SMILES string of the molecule is CCN(C)Cc1nc(C)ccc1C1CCOC1. The number of rotatable bonds is 4. The fraction of sp³-hybridized carbons (Fsp3) is 0.643. The molecule has 0 spiro atoms. The predicted molar refractivity (Wildman–Crippen MR) is 69.2 cm³/mol. The summed E-state index contributed by atoms with van der Waals surface area (Å²) in [6.07, 6.45) is 1.13. The van der Waals surface area contributed by atoms with E-state index in [1.807, 2.05) is 0 Å². The maximum atomic E-state index is 5.49. The van der Waals surface area contributed by atoms with Crippen molar-refractivity contribution in [1.29, 1.82) is 0 Å². The van der Waals surface area contributed by atoms with Crippen LogP contribution in [0.4, 0.5) is 0 Å². The van der Waals surface area contributed by atoms with Gasteiger partial charge in [0.1, 0.15) is 0 Å². The van der Waals surface area contributed by atoms with E-state index in [0.29, 0.717) is 5.92 Å². The minimum atomic E-state index is 0.545. The van der Waals surface area contributed by atoms with Crippen molar-refractivity contribution in [2.24, 2.45) is 0 Å². The zero-order valence-corrected chi connectivity index (χ0v) is 11.1. The Labute approximate surface area is 104 Å². The quantitative estimate of drug-likeness (QED) is 0.799. The highest BCUT2D eigenvalue weighted by Gasteiger charge is 2.21. The number of ether oxygens (including phenoxy) is 1. The summed E-state index contributed by atoms with van der Waals surface area (Å²) < 4.78 is 5.49. The summed E-state index contributed by atoms with van der Waals surface area (Å²) in [5.74, 6) is 0.545. The molecular weight excluding hydrogens is 212 g/mol. The molecule has 1 aromatic heterocycles. The molecule has 1 fully saturated rings. The molecule has 3 heteroatoms. The Bertz CT molecular complexity index is 372. The number of aromatic nitrogens is 1. The first-order chi connectivity index (χ1) is 8.20. The molecule has 0 N–H and O–H groups in total. The van der Waals surface area contributed by atoms with Gasteiger partial charge in [0.25, 0.3) is 0 Å². The van der Waals surface area contributed by atoms with Crippen LogP contribution in [0.1, 0.15) is 36.2 Å². The van der Waals surface area contributed by atoms with Gasteiger partial charge in [-0.2, -0.15) is 0 Å². The molecular formula is C14H22N2O. The lowest BCUT2D eigenvalue weighted by molar-refractivity contribution is 0.193. The van der Waals surface area contributed by atoms with Crippen molar-refractivity contribution in [2.75, 3.05) is 26.8 Å². The van der Waals surface area contributed by atoms with Gasteiger partial charge in [0.05, 0.1) is 12.3 Å². The second-order valence-electron chi connectivity index (χ2n) is 4.88. The van der Waals surface area contributed by atoms with Crippen molar-refractivity contribution >= 4 is 0 Å². The fourth-order valence-corrected chi connectivity index (χ4v) is 2.27. The molecule has 0 amide bonds. The monoisotopic (exact) mass is 234 g/mol. The van der Waals surface area contributed by atoms with Crippen LogP contribution in [0.5, 0.6) is 0 Å². The van der Waals surface area contributed by atoms with Crippen LogP contribution < -0.4 is 0 Å². The molecule has 94 valence electrons. The molecule has 0 aromatic carbocycles. The summed E-state index contributed by atoms with van der Waals surface area (Å²) in [4.78, 5) is 7.00. The lowest BCUT2D eigenvalue weighted by Crippen LogP contribution is -2.20. The Hall–Kier alpha value is -0.930. The highest BCUT2D eigenvalue weighted by Crippen LogP contribution is 2.27. The van der Waals surface area contributed by atoms with E-state index < -0.39 is 0 Å². The van der Waals surface area contributed by atoms with Gasteiger partial charge < -0.3 is 9.64 Å². The molecule has 1 unspecified atom stereocenters. The topological polar surface area (TPSA) is 25.4 Å². The molecule has 2 heterocycles. The van der Waals surface area contributed by atoms with E-state index >= 15 is 0 Å². The van der Waals surface area contributed by atoms with E-state index in [9.17, 15) is 0 Å². The summed E-state index contributed by atoms with van der Waals surface area (Å²) >= 11 is 0. The summed E-state index contributed by atoms with van der Waals surface area (Å²) in [5.41, 5.74) is 3.71. The zero-order chi connectivity index (χ0) is 12.3. The maximum Gasteiger partial charge on any atom is 0.0582 e. The van der Waals surface area contributed by atoms with Crippen molar-refractivity contribution in [3.05, 3.63) is 29.1 Å². The molecule has 1 aromatic rings. The van der Waals surface area contributed by atoms with E-state index in [4.69, 9.17) is 9.72 Å². The number of aryl methyl sites for hydroxylation is 1. The van der Waals surface area contributed by atoms with E-state index in [1.54, 1.807) is 0 Å². The van der Waals surface area contributed by atoms with Crippen molar-refractivity contribution in [3.8, 4) is 0 Å². The highest BCUT2D eigenvalue weighted by molar-refractivity contribution is 5.27. The smallest absolute Gasteiger partial charge is 0.0582 e.